The van der Waals surface area contributed by atoms with Crippen LogP contribution in [0.2, 0.25) is 0 Å². The largest absolute Gasteiger partial charge is 0.491 e. The number of hydrogen-bond donors (Lipinski definition) is 2. The zero-order valence-corrected chi connectivity index (χ0v) is 18.6. The Hall–Kier alpha value is -1.84. The van der Waals surface area contributed by atoms with Gasteiger partial charge in [-0.2, -0.15) is 0 Å². The number of guanidine groups is 1. The van der Waals surface area contributed by atoms with Crippen LogP contribution in [0.5, 0.6) is 5.75 Å². The third kappa shape index (κ3) is 8.59. The number of rotatable bonds is 10. The molecule has 0 atom stereocenters. The molecule has 2 rings (SSSR count). The van der Waals surface area contributed by atoms with Gasteiger partial charge in [0.25, 0.3) is 0 Å². The first-order valence-corrected chi connectivity index (χ1v) is 11.9. The number of methoxy groups -OCH3 is 1. The van der Waals surface area contributed by atoms with E-state index in [1.165, 1.54) is 0 Å². The molecule has 1 aromatic carbocycles. The van der Waals surface area contributed by atoms with Crippen molar-refractivity contribution in [3.05, 3.63) is 29.3 Å². The lowest BCUT2D eigenvalue weighted by Gasteiger charge is -2.26. The van der Waals surface area contributed by atoms with Crippen molar-refractivity contribution in [2.45, 2.75) is 20.4 Å². The summed E-state index contributed by atoms with van der Waals surface area (Å²) in [4.78, 5) is 6.84. The summed E-state index contributed by atoms with van der Waals surface area (Å²) in [7, 11) is -1.18. The highest BCUT2D eigenvalue weighted by molar-refractivity contribution is 7.91. The molecule has 0 saturated carbocycles. The van der Waals surface area contributed by atoms with E-state index in [-0.39, 0.29) is 11.5 Å². The van der Waals surface area contributed by atoms with Gasteiger partial charge in [-0.3, -0.25) is 4.90 Å². The molecule has 0 aliphatic carbocycles. The summed E-state index contributed by atoms with van der Waals surface area (Å²) in [6, 6.07) is 6.11. The molecule has 164 valence electrons. The van der Waals surface area contributed by atoms with Gasteiger partial charge in [0.2, 0.25) is 0 Å². The van der Waals surface area contributed by atoms with E-state index in [1.807, 2.05) is 26.0 Å². The van der Waals surface area contributed by atoms with Crippen molar-refractivity contribution in [1.29, 1.82) is 0 Å². The number of aliphatic imine (C=N–C) groups is 1. The average Bonchev–Trinajstić information content (AvgIpc) is 2.68. The summed E-state index contributed by atoms with van der Waals surface area (Å²) >= 11 is 0. The molecular weight excluding hydrogens is 392 g/mol. The SMILES string of the molecule is CCNC(=NCc1ccc(C)cc1OCCOC)NCCN1CCS(=O)(=O)CC1. The van der Waals surface area contributed by atoms with E-state index in [2.05, 4.69) is 26.6 Å². The zero-order chi connectivity index (χ0) is 21.1. The molecule has 1 saturated heterocycles. The fourth-order valence-electron chi connectivity index (χ4n) is 2.97. The minimum Gasteiger partial charge on any atom is -0.491 e. The van der Waals surface area contributed by atoms with Crippen LogP contribution in [0.1, 0.15) is 18.1 Å². The first-order chi connectivity index (χ1) is 13.9. The molecule has 1 aromatic rings. The van der Waals surface area contributed by atoms with Crippen LogP contribution >= 0.6 is 0 Å². The first kappa shape index (κ1) is 23.4. The molecule has 0 bridgehead atoms. The molecule has 1 fully saturated rings. The van der Waals surface area contributed by atoms with Crippen LogP contribution in [0.25, 0.3) is 0 Å². The topological polar surface area (TPSA) is 92.3 Å². The Labute approximate surface area is 174 Å². The molecule has 0 unspecified atom stereocenters. The standard InChI is InChI=1S/C20H34N4O4S/c1-4-21-20(22-7-8-24-9-13-29(25,26)14-10-24)23-16-18-6-5-17(2)15-19(18)28-12-11-27-3/h5-6,15H,4,7-14,16H2,1-3H3,(H2,21,22,23). The minimum absolute atomic E-state index is 0.250. The fraction of sp³-hybridized carbons (Fsp3) is 0.650. The first-order valence-electron chi connectivity index (χ1n) is 10.1. The van der Waals surface area contributed by atoms with Gasteiger partial charge in [-0.25, -0.2) is 13.4 Å². The maximum Gasteiger partial charge on any atom is 0.191 e. The van der Waals surface area contributed by atoms with E-state index >= 15 is 0 Å². The number of hydrogen-bond acceptors (Lipinski definition) is 6. The van der Waals surface area contributed by atoms with Crippen molar-refractivity contribution in [2.75, 3.05) is 64.6 Å². The maximum absolute atomic E-state index is 11.5. The van der Waals surface area contributed by atoms with Crippen LogP contribution in [-0.2, 0) is 21.1 Å². The smallest absolute Gasteiger partial charge is 0.191 e. The molecule has 0 amide bonds. The van der Waals surface area contributed by atoms with Crippen molar-refractivity contribution in [1.82, 2.24) is 15.5 Å². The van der Waals surface area contributed by atoms with Crippen LogP contribution in [0.4, 0.5) is 0 Å². The van der Waals surface area contributed by atoms with Crippen molar-refractivity contribution in [3.63, 3.8) is 0 Å². The van der Waals surface area contributed by atoms with Gasteiger partial charge in [-0.05, 0) is 25.5 Å². The van der Waals surface area contributed by atoms with Gasteiger partial charge in [-0.1, -0.05) is 12.1 Å². The monoisotopic (exact) mass is 426 g/mol. The van der Waals surface area contributed by atoms with Gasteiger partial charge in [0.15, 0.2) is 15.8 Å². The Balaban J connectivity index is 1.89. The Morgan fingerprint density at radius 3 is 2.66 bits per heavy atom. The number of aryl methyl sites for hydroxylation is 1. The number of nitrogens with one attached hydrogen (secondary N) is 2. The summed E-state index contributed by atoms with van der Waals surface area (Å²) in [6.07, 6.45) is 0. The van der Waals surface area contributed by atoms with Gasteiger partial charge < -0.3 is 20.1 Å². The lowest BCUT2D eigenvalue weighted by molar-refractivity contribution is 0.145. The van der Waals surface area contributed by atoms with E-state index in [0.29, 0.717) is 39.4 Å². The summed E-state index contributed by atoms with van der Waals surface area (Å²) < 4.78 is 33.9. The number of nitrogens with zero attached hydrogens (tertiary/aromatic N) is 2. The molecule has 29 heavy (non-hydrogen) atoms. The van der Waals surface area contributed by atoms with Crippen LogP contribution in [0.15, 0.2) is 23.2 Å². The summed E-state index contributed by atoms with van der Waals surface area (Å²) in [5.41, 5.74) is 2.16. The number of benzene rings is 1. The Bertz CT molecular complexity index is 754. The van der Waals surface area contributed by atoms with Crippen LogP contribution in [-0.4, -0.2) is 83.8 Å². The highest BCUT2D eigenvalue weighted by atomic mass is 32.2. The quantitative estimate of drug-likeness (QED) is 0.325. The molecule has 2 N–H and O–H groups in total. The molecule has 1 heterocycles. The summed E-state index contributed by atoms with van der Waals surface area (Å²) in [5, 5.41) is 6.58. The lowest BCUT2D eigenvalue weighted by atomic mass is 10.1. The normalized spacial score (nSPS) is 17.1. The third-order valence-electron chi connectivity index (χ3n) is 4.68. The molecule has 8 nitrogen and oxygen atoms in total. The second kappa shape index (κ2) is 12.0. The van der Waals surface area contributed by atoms with Gasteiger partial charge in [0.1, 0.15) is 12.4 Å². The third-order valence-corrected chi connectivity index (χ3v) is 6.29. The van der Waals surface area contributed by atoms with Crippen molar-refractivity contribution >= 4 is 15.8 Å². The van der Waals surface area contributed by atoms with Crippen LogP contribution in [0.3, 0.4) is 0 Å². The van der Waals surface area contributed by atoms with Crippen LogP contribution in [0, 0.1) is 6.92 Å². The molecule has 9 heteroatoms. The van der Waals surface area contributed by atoms with Crippen molar-refractivity contribution < 1.29 is 17.9 Å². The van der Waals surface area contributed by atoms with Crippen LogP contribution < -0.4 is 15.4 Å². The predicted octanol–water partition coefficient (Wildman–Crippen LogP) is 0.806. The van der Waals surface area contributed by atoms with Gasteiger partial charge in [0.05, 0.1) is 24.7 Å². The maximum atomic E-state index is 11.5. The van der Waals surface area contributed by atoms with E-state index in [9.17, 15) is 8.42 Å². The highest BCUT2D eigenvalue weighted by Gasteiger charge is 2.20. The second-order valence-electron chi connectivity index (χ2n) is 7.07. The summed E-state index contributed by atoms with van der Waals surface area (Å²) in [5.74, 6) is 2.07. The van der Waals surface area contributed by atoms with E-state index in [1.54, 1.807) is 7.11 Å². The predicted molar refractivity (Wildman–Crippen MR) is 116 cm³/mol. The molecule has 1 aliphatic rings. The molecular formula is C20H34N4O4S. The molecule has 0 radical (unpaired) electrons. The van der Waals surface area contributed by atoms with Crippen molar-refractivity contribution in [3.8, 4) is 5.75 Å². The Kier molecular flexibility index (Phi) is 9.69. The van der Waals surface area contributed by atoms with Gasteiger partial charge in [-0.15, -0.1) is 0 Å². The lowest BCUT2D eigenvalue weighted by Crippen LogP contribution is -2.45. The second-order valence-corrected chi connectivity index (χ2v) is 9.37. The van der Waals surface area contributed by atoms with Gasteiger partial charge >= 0.3 is 0 Å². The minimum atomic E-state index is -2.84. The number of ether oxygens (including phenoxy) is 2. The van der Waals surface area contributed by atoms with E-state index in [4.69, 9.17) is 9.47 Å². The summed E-state index contributed by atoms with van der Waals surface area (Å²) in [6.45, 7) is 9.06. The van der Waals surface area contributed by atoms with Gasteiger partial charge in [0, 0.05) is 45.4 Å². The molecule has 1 aliphatic heterocycles. The molecule has 0 spiro atoms. The average molecular weight is 427 g/mol. The van der Waals surface area contributed by atoms with E-state index < -0.39 is 9.84 Å². The zero-order valence-electron chi connectivity index (χ0n) is 17.7. The fourth-order valence-corrected chi connectivity index (χ4v) is 4.25. The Morgan fingerprint density at radius 2 is 1.97 bits per heavy atom. The highest BCUT2D eigenvalue weighted by Crippen LogP contribution is 2.21. The molecule has 0 aromatic heterocycles. The van der Waals surface area contributed by atoms with E-state index in [0.717, 1.165) is 35.9 Å². The van der Waals surface area contributed by atoms with Crippen molar-refractivity contribution in [2.24, 2.45) is 4.99 Å². The Morgan fingerprint density at radius 1 is 1.21 bits per heavy atom. The number of sulfone groups is 1.